The lowest BCUT2D eigenvalue weighted by atomic mass is 10.3. The topological polar surface area (TPSA) is 47.2 Å². The standard InChI is InChI=1S/C16H19N5/c1-2-14-17-8-10-21(14)16-13(11-18-12-6-7-12)20-9-4-3-5-15(20)19-16/h3-5,8-10,12,18H,2,6-7,11H2,1H3. The Bertz CT molecular complexity index is 766. The van der Waals surface area contributed by atoms with E-state index in [4.69, 9.17) is 4.98 Å². The predicted octanol–water partition coefficient (Wildman–Crippen LogP) is 2.33. The van der Waals surface area contributed by atoms with E-state index in [-0.39, 0.29) is 0 Å². The van der Waals surface area contributed by atoms with E-state index in [0.29, 0.717) is 6.04 Å². The van der Waals surface area contributed by atoms with Gasteiger partial charge >= 0.3 is 0 Å². The van der Waals surface area contributed by atoms with Gasteiger partial charge < -0.3 is 9.72 Å². The first-order valence-corrected chi connectivity index (χ1v) is 7.58. The summed E-state index contributed by atoms with van der Waals surface area (Å²) in [4.78, 5) is 9.23. The summed E-state index contributed by atoms with van der Waals surface area (Å²) in [5.41, 5.74) is 2.18. The summed E-state index contributed by atoms with van der Waals surface area (Å²) in [6, 6.07) is 6.81. The maximum absolute atomic E-state index is 4.81. The van der Waals surface area contributed by atoms with Gasteiger partial charge in [-0.1, -0.05) is 13.0 Å². The van der Waals surface area contributed by atoms with Crippen molar-refractivity contribution >= 4 is 5.65 Å². The molecule has 4 rings (SSSR count). The monoisotopic (exact) mass is 281 g/mol. The SMILES string of the molecule is CCc1nccn1-c1nc2ccccn2c1CNC1CC1. The molecule has 0 radical (unpaired) electrons. The van der Waals surface area contributed by atoms with Crippen LogP contribution in [0.15, 0.2) is 36.8 Å². The van der Waals surface area contributed by atoms with Gasteiger partial charge in [0.25, 0.3) is 0 Å². The second-order valence-corrected chi connectivity index (χ2v) is 5.53. The first-order chi connectivity index (χ1) is 10.4. The first-order valence-electron chi connectivity index (χ1n) is 7.58. The van der Waals surface area contributed by atoms with Crippen LogP contribution in [0.1, 0.15) is 31.3 Å². The van der Waals surface area contributed by atoms with Crippen LogP contribution in [-0.2, 0) is 13.0 Å². The number of nitrogens with zero attached hydrogens (tertiary/aromatic N) is 4. The lowest BCUT2D eigenvalue weighted by Gasteiger charge is -2.08. The molecule has 1 N–H and O–H groups in total. The van der Waals surface area contributed by atoms with Crippen molar-refractivity contribution in [1.29, 1.82) is 0 Å². The molecule has 0 saturated heterocycles. The van der Waals surface area contributed by atoms with Gasteiger partial charge in [0.1, 0.15) is 11.5 Å². The van der Waals surface area contributed by atoms with Crippen LogP contribution in [0.5, 0.6) is 0 Å². The molecule has 0 unspecified atom stereocenters. The Morgan fingerprint density at radius 1 is 1.29 bits per heavy atom. The number of pyridine rings is 1. The van der Waals surface area contributed by atoms with Gasteiger partial charge in [0, 0.05) is 37.6 Å². The molecular formula is C16H19N5. The van der Waals surface area contributed by atoms with Crippen molar-refractivity contribution in [3.8, 4) is 5.82 Å². The molecular weight excluding hydrogens is 262 g/mol. The molecule has 1 fully saturated rings. The molecule has 0 amide bonds. The van der Waals surface area contributed by atoms with Crippen molar-refractivity contribution in [3.05, 3.63) is 48.3 Å². The molecule has 1 aliphatic rings. The molecule has 1 saturated carbocycles. The maximum atomic E-state index is 4.81. The van der Waals surface area contributed by atoms with E-state index in [2.05, 4.69) is 32.4 Å². The maximum Gasteiger partial charge on any atom is 0.161 e. The van der Waals surface area contributed by atoms with E-state index in [9.17, 15) is 0 Å². The van der Waals surface area contributed by atoms with Crippen molar-refractivity contribution < 1.29 is 0 Å². The predicted molar refractivity (Wildman–Crippen MR) is 81.6 cm³/mol. The van der Waals surface area contributed by atoms with E-state index in [0.717, 1.165) is 30.3 Å². The molecule has 0 aliphatic heterocycles. The second-order valence-electron chi connectivity index (χ2n) is 5.53. The number of imidazole rings is 2. The Balaban J connectivity index is 1.83. The normalized spacial score (nSPS) is 14.9. The summed E-state index contributed by atoms with van der Waals surface area (Å²) in [7, 11) is 0. The van der Waals surface area contributed by atoms with Gasteiger partial charge in [0.05, 0.1) is 5.69 Å². The Labute approximate surface area is 123 Å². The van der Waals surface area contributed by atoms with Crippen LogP contribution in [0.4, 0.5) is 0 Å². The van der Waals surface area contributed by atoms with Crippen molar-refractivity contribution in [2.24, 2.45) is 0 Å². The molecule has 21 heavy (non-hydrogen) atoms. The Hall–Kier alpha value is -2.14. The highest BCUT2D eigenvalue weighted by Gasteiger charge is 2.22. The summed E-state index contributed by atoms with van der Waals surface area (Å²) in [5, 5.41) is 3.60. The molecule has 0 aromatic carbocycles. The van der Waals surface area contributed by atoms with Crippen LogP contribution in [0.25, 0.3) is 11.5 Å². The zero-order chi connectivity index (χ0) is 14.2. The van der Waals surface area contributed by atoms with E-state index in [1.54, 1.807) is 0 Å². The van der Waals surface area contributed by atoms with Crippen LogP contribution < -0.4 is 5.32 Å². The number of aryl methyl sites for hydroxylation is 1. The summed E-state index contributed by atoms with van der Waals surface area (Å²) < 4.78 is 4.28. The molecule has 3 heterocycles. The lowest BCUT2D eigenvalue weighted by Crippen LogP contribution is -2.18. The fourth-order valence-electron chi connectivity index (χ4n) is 2.71. The number of hydrogen-bond donors (Lipinski definition) is 1. The van der Waals surface area contributed by atoms with Gasteiger partial charge in [-0.05, 0) is 25.0 Å². The molecule has 3 aromatic rings. The van der Waals surface area contributed by atoms with Gasteiger partial charge in [-0.2, -0.15) is 0 Å². The first kappa shape index (κ1) is 12.6. The van der Waals surface area contributed by atoms with Crippen molar-refractivity contribution in [3.63, 3.8) is 0 Å². The number of fused-ring (bicyclic) bond motifs is 1. The quantitative estimate of drug-likeness (QED) is 0.781. The third-order valence-electron chi connectivity index (χ3n) is 4.01. The summed E-state index contributed by atoms with van der Waals surface area (Å²) in [5.74, 6) is 2.04. The summed E-state index contributed by atoms with van der Waals surface area (Å²) >= 11 is 0. The molecule has 0 spiro atoms. The number of nitrogens with one attached hydrogen (secondary N) is 1. The van der Waals surface area contributed by atoms with Crippen molar-refractivity contribution in [1.82, 2.24) is 24.3 Å². The van der Waals surface area contributed by atoms with Crippen LogP contribution >= 0.6 is 0 Å². The van der Waals surface area contributed by atoms with E-state index < -0.39 is 0 Å². The van der Waals surface area contributed by atoms with Crippen LogP contribution in [0.2, 0.25) is 0 Å². The van der Waals surface area contributed by atoms with Gasteiger partial charge in [0.2, 0.25) is 0 Å². The van der Waals surface area contributed by atoms with Gasteiger partial charge in [-0.3, -0.25) is 4.57 Å². The zero-order valence-electron chi connectivity index (χ0n) is 12.2. The highest BCUT2D eigenvalue weighted by Crippen LogP contribution is 2.22. The fourth-order valence-corrected chi connectivity index (χ4v) is 2.71. The molecule has 0 bridgehead atoms. The van der Waals surface area contributed by atoms with Crippen molar-refractivity contribution in [2.45, 2.75) is 38.8 Å². The second kappa shape index (κ2) is 5.00. The molecule has 108 valence electrons. The zero-order valence-corrected chi connectivity index (χ0v) is 12.2. The average molecular weight is 281 g/mol. The van der Waals surface area contributed by atoms with Crippen molar-refractivity contribution in [2.75, 3.05) is 0 Å². The minimum Gasteiger partial charge on any atom is -0.308 e. The van der Waals surface area contributed by atoms with Crippen LogP contribution in [0, 0.1) is 0 Å². The van der Waals surface area contributed by atoms with E-state index >= 15 is 0 Å². The van der Waals surface area contributed by atoms with Crippen LogP contribution in [-0.4, -0.2) is 25.0 Å². The Kier molecular flexibility index (Phi) is 3.00. The highest BCUT2D eigenvalue weighted by atomic mass is 15.2. The van der Waals surface area contributed by atoms with Gasteiger partial charge in [0.15, 0.2) is 5.82 Å². The molecule has 0 atom stereocenters. The number of aromatic nitrogens is 4. The van der Waals surface area contributed by atoms with E-state index in [1.165, 1.54) is 18.5 Å². The Morgan fingerprint density at radius 2 is 2.19 bits per heavy atom. The summed E-state index contributed by atoms with van der Waals surface area (Å²) in [6.07, 6.45) is 9.41. The smallest absolute Gasteiger partial charge is 0.161 e. The van der Waals surface area contributed by atoms with E-state index in [1.807, 2.05) is 30.6 Å². The largest absolute Gasteiger partial charge is 0.308 e. The average Bonchev–Trinajstić information content (AvgIpc) is 3.11. The third-order valence-corrected chi connectivity index (χ3v) is 4.01. The van der Waals surface area contributed by atoms with Gasteiger partial charge in [-0.15, -0.1) is 0 Å². The third kappa shape index (κ3) is 2.23. The molecule has 1 aliphatic carbocycles. The lowest BCUT2D eigenvalue weighted by molar-refractivity contribution is 0.665. The van der Waals surface area contributed by atoms with Gasteiger partial charge in [-0.25, -0.2) is 9.97 Å². The number of hydrogen-bond acceptors (Lipinski definition) is 3. The molecule has 5 heteroatoms. The Morgan fingerprint density at radius 3 is 3.00 bits per heavy atom. The summed E-state index contributed by atoms with van der Waals surface area (Å²) in [6.45, 7) is 2.96. The molecule has 5 nitrogen and oxygen atoms in total. The minimum absolute atomic E-state index is 0.681. The fraction of sp³-hybridized carbons (Fsp3) is 0.375. The van der Waals surface area contributed by atoms with Crippen LogP contribution in [0.3, 0.4) is 0 Å². The molecule has 3 aromatic heterocycles. The number of rotatable bonds is 5. The highest BCUT2D eigenvalue weighted by molar-refractivity contribution is 5.49. The minimum atomic E-state index is 0.681.